The number of alkyl carbamates (subject to hydrolysis) is 1. The molecule has 2 aromatic heterocycles. The molecule has 0 spiro atoms. The number of H-pyrrole nitrogens is 1. The average Bonchev–Trinajstić information content (AvgIpc) is 3.45. The SMILES string of the molecule is COc1ccc(CC(=O)Nc2cc([C@@H]3CC[C@H](OC(=O)NC4CCC(C)(O)CC4)C3)[nH]n2)cn1. The van der Waals surface area contributed by atoms with Crippen molar-refractivity contribution in [3.8, 4) is 5.88 Å². The number of amides is 2. The number of aromatic nitrogens is 3. The number of hydrogen-bond acceptors (Lipinski definition) is 7. The van der Waals surface area contributed by atoms with E-state index in [0.29, 0.717) is 31.0 Å². The maximum atomic E-state index is 12.3. The monoisotopic (exact) mass is 471 g/mol. The molecular formula is C24H33N5O5. The van der Waals surface area contributed by atoms with Crippen LogP contribution in [0.15, 0.2) is 24.4 Å². The van der Waals surface area contributed by atoms with Crippen molar-refractivity contribution in [1.29, 1.82) is 0 Å². The number of aliphatic hydroxyl groups is 1. The van der Waals surface area contributed by atoms with Gasteiger partial charge in [0.1, 0.15) is 6.10 Å². The van der Waals surface area contributed by atoms with Gasteiger partial charge in [0.2, 0.25) is 11.8 Å². The number of aromatic amines is 1. The van der Waals surface area contributed by atoms with Gasteiger partial charge in [-0.25, -0.2) is 9.78 Å². The molecule has 0 unspecified atom stereocenters. The molecule has 0 saturated heterocycles. The maximum Gasteiger partial charge on any atom is 0.407 e. The number of carbonyl (C=O) groups is 2. The highest BCUT2D eigenvalue weighted by molar-refractivity contribution is 5.91. The summed E-state index contributed by atoms with van der Waals surface area (Å²) < 4.78 is 10.7. The lowest BCUT2D eigenvalue weighted by atomic mass is 9.84. The molecule has 4 N–H and O–H groups in total. The van der Waals surface area contributed by atoms with Gasteiger partial charge in [0.25, 0.3) is 0 Å². The Kier molecular flexibility index (Phi) is 7.35. The molecule has 10 nitrogen and oxygen atoms in total. The zero-order chi connectivity index (χ0) is 24.1. The summed E-state index contributed by atoms with van der Waals surface area (Å²) in [4.78, 5) is 28.8. The smallest absolute Gasteiger partial charge is 0.407 e. The van der Waals surface area contributed by atoms with E-state index in [1.165, 1.54) is 0 Å². The number of ether oxygens (including phenoxy) is 2. The first-order chi connectivity index (χ1) is 16.3. The van der Waals surface area contributed by atoms with Crippen LogP contribution in [0, 0.1) is 0 Å². The molecule has 2 aromatic rings. The number of anilines is 1. The third-order valence-electron chi connectivity index (χ3n) is 6.72. The van der Waals surface area contributed by atoms with Crippen molar-refractivity contribution in [3.63, 3.8) is 0 Å². The van der Waals surface area contributed by atoms with Gasteiger partial charge in [0.05, 0.1) is 19.1 Å². The zero-order valence-corrected chi connectivity index (χ0v) is 19.7. The summed E-state index contributed by atoms with van der Waals surface area (Å²) in [6.45, 7) is 1.84. The standard InChI is InChI=1S/C24H33N5O5/c1-24(32)9-7-17(8-10-24)26-23(31)34-18-5-4-16(12-18)19-13-20(29-28-19)27-21(30)11-15-3-6-22(33-2)25-14-15/h3,6,13-14,16-18,32H,4-5,7-12H2,1-2H3,(H,26,31)(H2,27,28,29,30)/t16-,17?,18+,24?/m1/s1. The Bertz CT molecular complexity index is 980. The van der Waals surface area contributed by atoms with Crippen LogP contribution >= 0.6 is 0 Å². The van der Waals surface area contributed by atoms with E-state index in [2.05, 4.69) is 25.8 Å². The lowest BCUT2D eigenvalue weighted by molar-refractivity contribution is -0.115. The molecule has 0 aromatic carbocycles. The minimum Gasteiger partial charge on any atom is -0.481 e. The van der Waals surface area contributed by atoms with E-state index in [1.807, 2.05) is 13.0 Å². The van der Waals surface area contributed by atoms with Crippen molar-refractivity contribution in [2.24, 2.45) is 0 Å². The summed E-state index contributed by atoms with van der Waals surface area (Å²) in [6.07, 6.45) is 6.49. The topological polar surface area (TPSA) is 138 Å². The summed E-state index contributed by atoms with van der Waals surface area (Å²) in [5.41, 5.74) is 1.07. The third kappa shape index (κ3) is 6.47. The van der Waals surface area contributed by atoms with Crippen molar-refractivity contribution < 1.29 is 24.2 Å². The molecule has 2 fully saturated rings. The van der Waals surface area contributed by atoms with Crippen molar-refractivity contribution in [3.05, 3.63) is 35.7 Å². The number of nitrogens with one attached hydrogen (secondary N) is 3. The summed E-state index contributed by atoms with van der Waals surface area (Å²) in [6, 6.07) is 5.41. The average molecular weight is 472 g/mol. The maximum absolute atomic E-state index is 12.3. The molecule has 34 heavy (non-hydrogen) atoms. The van der Waals surface area contributed by atoms with Crippen LogP contribution in [0.4, 0.5) is 10.6 Å². The largest absolute Gasteiger partial charge is 0.481 e. The third-order valence-corrected chi connectivity index (χ3v) is 6.72. The van der Waals surface area contributed by atoms with Crippen LogP contribution in [0.5, 0.6) is 5.88 Å². The quantitative estimate of drug-likeness (QED) is 0.487. The van der Waals surface area contributed by atoms with Crippen LogP contribution in [0.3, 0.4) is 0 Å². The van der Waals surface area contributed by atoms with Crippen LogP contribution in [-0.2, 0) is 16.0 Å². The van der Waals surface area contributed by atoms with Crippen molar-refractivity contribution in [2.75, 3.05) is 12.4 Å². The van der Waals surface area contributed by atoms with Gasteiger partial charge < -0.3 is 25.2 Å². The van der Waals surface area contributed by atoms with E-state index in [4.69, 9.17) is 9.47 Å². The molecule has 10 heteroatoms. The minimum atomic E-state index is -0.629. The molecule has 2 saturated carbocycles. The summed E-state index contributed by atoms with van der Waals surface area (Å²) in [5, 5.41) is 23.0. The first kappa shape index (κ1) is 24.0. The summed E-state index contributed by atoms with van der Waals surface area (Å²) >= 11 is 0. The Morgan fingerprint density at radius 2 is 2.03 bits per heavy atom. The van der Waals surface area contributed by atoms with Gasteiger partial charge in [-0.15, -0.1) is 0 Å². The molecule has 2 aliphatic carbocycles. The van der Waals surface area contributed by atoms with Crippen LogP contribution in [0.2, 0.25) is 0 Å². The minimum absolute atomic E-state index is 0.0531. The van der Waals surface area contributed by atoms with Crippen LogP contribution in [0.1, 0.15) is 69.0 Å². The van der Waals surface area contributed by atoms with Gasteiger partial charge >= 0.3 is 6.09 Å². The Balaban J connectivity index is 1.21. The zero-order valence-electron chi connectivity index (χ0n) is 19.7. The molecule has 2 aliphatic rings. The second-order valence-corrected chi connectivity index (χ2v) is 9.60. The lowest BCUT2D eigenvalue weighted by Crippen LogP contribution is -2.43. The van der Waals surface area contributed by atoms with E-state index in [-0.39, 0.29) is 36.5 Å². The summed E-state index contributed by atoms with van der Waals surface area (Å²) in [7, 11) is 1.54. The van der Waals surface area contributed by atoms with E-state index in [9.17, 15) is 14.7 Å². The fraction of sp³-hybridized carbons (Fsp3) is 0.583. The van der Waals surface area contributed by atoms with E-state index in [1.54, 1.807) is 25.4 Å². The normalized spacial score (nSPS) is 26.6. The first-order valence-corrected chi connectivity index (χ1v) is 11.8. The Morgan fingerprint density at radius 3 is 2.74 bits per heavy atom. The molecule has 2 amide bonds. The summed E-state index contributed by atoms with van der Waals surface area (Å²) in [5.74, 6) is 0.975. The van der Waals surface area contributed by atoms with E-state index in [0.717, 1.165) is 36.9 Å². The fourth-order valence-electron chi connectivity index (χ4n) is 4.68. The number of rotatable bonds is 7. The van der Waals surface area contributed by atoms with E-state index < -0.39 is 5.60 Å². The number of carbonyl (C=O) groups excluding carboxylic acids is 2. The lowest BCUT2D eigenvalue weighted by Gasteiger charge is -2.33. The fourth-order valence-corrected chi connectivity index (χ4v) is 4.68. The number of hydrogen-bond donors (Lipinski definition) is 4. The van der Waals surface area contributed by atoms with Gasteiger partial charge in [-0.05, 0) is 57.4 Å². The first-order valence-electron chi connectivity index (χ1n) is 11.8. The highest BCUT2D eigenvalue weighted by atomic mass is 16.6. The van der Waals surface area contributed by atoms with Gasteiger partial charge in [-0.2, -0.15) is 5.10 Å². The highest BCUT2D eigenvalue weighted by Gasteiger charge is 2.32. The Hall–Kier alpha value is -3.14. The van der Waals surface area contributed by atoms with Gasteiger partial charge in [0, 0.05) is 36.0 Å². The predicted octanol–water partition coefficient (Wildman–Crippen LogP) is 3.05. The second kappa shape index (κ2) is 10.4. The molecule has 0 radical (unpaired) electrons. The molecule has 0 bridgehead atoms. The van der Waals surface area contributed by atoms with Crippen LogP contribution < -0.4 is 15.4 Å². The number of nitrogens with zero attached hydrogens (tertiary/aromatic N) is 2. The second-order valence-electron chi connectivity index (χ2n) is 9.60. The number of pyridine rings is 1. The molecule has 0 aliphatic heterocycles. The Morgan fingerprint density at radius 1 is 1.24 bits per heavy atom. The van der Waals surface area contributed by atoms with Crippen LogP contribution in [-0.4, -0.2) is 57.1 Å². The van der Waals surface area contributed by atoms with Gasteiger partial charge in [-0.1, -0.05) is 6.07 Å². The molecule has 4 rings (SSSR count). The predicted molar refractivity (Wildman–Crippen MR) is 125 cm³/mol. The van der Waals surface area contributed by atoms with Gasteiger partial charge in [0.15, 0.2) is 5.82 Å². The van der Waals surface area contributed by atoms with Gasteiger partial charge in [-0.3, -0.25) is 9.89 Å². The van der Waals surface area contributed by atoms with E-state index >= 15 is 0 Å². The molecule has 184 valence electrons. The number of methoxy groups -OCH3 is 1. The molecule has 2 heterocycles. The van der Waals surface area contributed by atoms with Crippen LogP contribution in [0.25, 0.3) is 0 Å². The molecular weight excluding hydrogens is 438 g/mol. The van der Waals surface area contributed by atoms with Crippen molar-refractivity contribution in [1.82, 2.24) is 20.5 Å². The van der Waals surface area contributed by atoms with Crippen molar-refractivity contribution >= 4 is 17.8 Å². The Labute approximate surface area is 198 Å². The molecule has 2 atom stereocenters. The highest BCUT2D eigenvalue weighted by Crippen LogP contribution is 2.36. The van der Waals surface area contributed by atoms with Crippen molar-refractivity contribution in [2.45, 2.75) is 82.0 Å².